The summed E-state index contributed by atoms with van der Waals surface area (Å²) in [7, 11) is -1.18. The molecule has 2 aromatic rings. The van der Waals surface area contributed by atoms with E-state index in [1.807, 2.05) is 71.4 Å². The number of nitrogens with zero attached hydrogens (tertiary/aromatic N) is 2. The number of carbonyl (C=O) groups excluding carboxylic acids is 1. The molecule has 1 amide bonds. The van der Waals surface area contributed by atoms with Crippen molar-refractivity contribution in [3.8, 4) is 11.5 Å². The summed E-state index contributed by atoms with van der Waals surface area (Å²) in [4.78, 5) is 17.4. The van der Waals surface area contributed by atoms with Gasteiger partial charge < -0.3 is 14.5 Å². The highest BCUT2D eigenvalue weighted by Crippen LogP contribution is 2.33. The van der Waals surface area contributed by atoms with Gasteiger partial charge in [0.2, 0.25) is 5.91 Å². The summed E-state index contributed by atoms with van der Waals surface area (Å²) < 4.78 is 30.4. The molecule has 6 nitrogen and oxygen atoms in total. The highest BCUT2D eigenvalue weighted by Gasteiger charge is 2.38. The van der Waals surface area contributed by atoms with Crippen LogP contribution in [0.2, 0.25) is 0 Å². The van der Waals surface area contributed by atoms with E-state index in [-0.39, 0.29) is 36.0 Å². The van der Waals surface area contributed by atoms with Crippen molar-refractivity contribution in [2.24, 2.45) is 0 Å². The minimum absolute atomic E-state index is 0.00369. The van der Waals surface area contributed by atoms with Gasteiger partial charge in [0.15, 0.2) is 15.6 Å². The lowest BCUT2D eigenvalue weighted by atomic mass is 9.92. The molecular formula is C25H32N2O4S. The summed E-state index contributed by atoms with van der Waals surface area (Å²) >= 11 is 0. The van der Waals surface area contributed by atoms with Crippen molar-refractivity contribution < 1.29 is 17.9 Å². The number of sulfone groups is 1. The van der Waals surface area contributed by atoms with Crippen molar-refractivity contribution in [3.05, 3.63) is 54.6 Å². The van der Waals surface area contributed by atoms with Gasteiger partial charge in [-0.3, -0.25) is 4.79 Å². The number of hydrogen-bond acceptors (Lipinski definition) is 5. The van der Waals surface area contributed by atoms with Gasteiger partial charge in [0.25, 0.3) is 0 Å². The molecule has 0 aromatic heterocycles. The lowest BCUT2D eigenvalue weighted by Gasteiger charge is -2.39. The van der Waals surface area contributed by atoms with Crippen LogP contribution in [0.15, 0.2) is 54.6 Å². The van der Waals surface area contributed by atoms with Crippen LogP contribution in [0.5, 0.6) is 11.5 Å². The molecule has 1 unspecified atom stereocenters. The average molecular weight is 457 g/mol. The zero-order valence-electron chi connectivity index (χ0n) is 18.7. The van der Waals surface area contributed by atoms with Gasteiger partial charge in [-0.1, -0.05) is 49.6 Å². The normalized spacial score (nSPS) is 20.6. The maximum Gasteiger partial charge on any atom is 0.242 e. The Morgan fingerprint density at radius 2 is 1.62 bits per heavy atom. The Bertz CT molecular complexity index is 1020. The molecule has 2 fully saturated rings. The summed E-state index contributed by atoms with van der Waals surface area (Å²) in [5.41, 5.74) is 0.826. The topological polar surface area (TPSA) is 66.9 Å². The molecule has 0 bridgehead atoms. The molecule has 2 aromatic carbocycles. The minimum Gasteiger partial charge on any atom is -0.455 e. The Morgan fingerprint density at radius 3 is 2.31 bits per heavy atom. The van der Waals surface area contributed by atoms with Gasteiger partial charge in [0.1, 0.15) is 5.75 Å². The van der Waals surface area contributed by atoms with Gasteiger partial charge in [-0.15, -0.1) is 0 Å². The lowest BCUT2D eigenvalue weighted by molar-refractivity contribution is -0.135. The van der Waals surface area contributed by atoms with E-state index in [0.29, 0.717) is 12.2 Å². The molecule has 0 radical (unpaired) electrons. The van der Waals surface area contributed by atoms with Gasteiger partial charge in [-0.05, 0) is 43.5 Å². The second kappa shape index (κ2) is 9.94. The van der Waals surface area contributed by atoms with Crippen LogP contribution in [0, 0.1) is 0 Å². The largest absolute Gasteiger partial charge is 0.455 e. The molecule has 1 aliphatic carbocycles. The minimum atomic E-state index is -3.06. The molecule has 0 N–H and O–H groups in total. The van der Waals surface area contributed by atoms with Crippen molar-refractivity contribution in [2.45, 2.75) is 50.6 Å². The summed E-state index contributed by atoms with van der Waals surface area (Å²) in [5, 5.41) is 0. The van der Waals surface area contributed by atoms with Crippen LogP contribution in [0.3, 0.4) is 0 Å². The molecule has 2 aliphatic rings. The van der Waals surface area contributed by atoms with E-state index in [2.05, 4.69) is 0 Å². The van der Waals surface area contributed by atoms with Crippen molar-refractivity contribution in [2.75, 3.05) is 30.0 Å². The summed E-state index contributed by atoms with van der Waals surface area (Å²) in [5.74, 6) is 1.68. The molecule has 0 spiro atoms. The molecule has 1 aliphatic heterocycles. The first-order valence-corrected chi connectivity index (χ1v) is 13.3. The van der Waals surface area contributed by atoms with Gasteiger partial charge in [0, 0.05) is 19.1 Å². The first-order chi connectivity index (χ1) is 15.4. The first-order valence-electron chi connectivity index (χ1n) is 11.5. The van der Waals surface area contributed by atoms with Gasteiger partial charge in [-0.2, -0.15) is 0 Å². The van der Waals surface area contributed by atoms with Gasteiger partial charge in [0.05, 0.1) is 23.7 Å². The molecule has 1 atom stereocenters. The number of hydrogen-bond donors (Lipinski definition) is 0. The Hall–Kier alpha value is -2.54. The Morgan fingerprint density at radius 1 is 0.938 bits per heavy atom. The van der Waals surface area contributed by atoms with Crippen molar-refractivity contribution in [3.63, 3.8) is 0 Å². The highest BCUT2D eigenvalue weighted by molar-refractivity contribution is 7.91. The summed E-state index contributed by atoms with van der Waals surface area (Å²) in [6, 6.07) is 17.2. The maximum atomic E-state index is 13.5. The third kappa shape index (κ3) is 5.44. The van der Waals surface area contributed by atoms with Crippen LogP contribution in [0.1, 0.15) is 38.5 Å². The molecule has 7 heteroatoms. The predicted octanol–water partition coefficient (Wildman–Crippen LogP) is 4.26. The number of likely N-dealkylation sites (N-methyl/N-ethyl adjacent to an activating group) is 1. The van der Waals surface area contributed by atoms with E-state index in [1.165, 1.54) is 6.42 Å². The number of ether oxygens (including phenoxy) is 1. The molecule has 32 heavy (non-hydrogen) atoms. The molecular weight excluding hydrogens is 424 g/mol. The number of amides is 1. The van der Waals surface area contributed by atoms with Gasteiger partial charge >= 0.3 is 0 Å². The third-order valence-corrected chi connectivity index (χ3v) is 8.23. The fourth-order valence-electron chi connectivity index (χ4n) is 4.90. The molecule has 1 saturated heterocycles. The SMILES string of the molecule is CN(CC(=O)N(C1CCCCC1)C1CCS(=O)(=O)C1)c1ccccc1Oc1ccccc1. The van der Waals surface area contributed by atoms with Crippen LogP contribution in [0.4, 0.5) is 5.69 Å². The number of para-hydroxylation sites is 3. The van der Waals surface area contributed by atoms with Crippen molar-refractivity contribution in [1.29, 1.82) is 0 Å². The molecule has 1 heterocycles. The Kier molecular flexibility index (Phi) is 7.04. The van der Waals surface area contributed by atoms with E-state index < -0.39 is 9.84 Å². The fourth-order valence-corrected chi connectivity index (χ4v) is 6.61. The quantitative estimate of drug-likeness (QED) is 0.623. The third-order valence-electron chi connectivity index (χ3n) is 6.48. The number of rotatable bonds is 7. The number of carbonyl (C=O) groups is 1. The monoisotopic (exact) mass is 456 g/mol. The number of anilines is 1. The maximum absolute atomic E-state index is 13.5. The van der Waals surface area contributed by atoms with Crippen LogP contribution in [-0.2, 0) is 14.6 Å². The summed E-state index contributed by atoms with van der Waals surface area (Å²) in [6.45, 7) is 0.183. The first kappa shape index (κ1) is 22.6. The van der Waals surface area contributed by atoms with Crippen molar-refractivity contribution >= 4 is 21.4 Å². The van der Waals surface area contributed by atoms with Crippen LogP contribution < -0.4 is 9.64 Å². The zero-order chi connectivity index (χ0) is 22.6. The standard InChI is InChI=1S/C25H32N2O4S/c1-26(23-14-8-9-15-24(23)31-22-12-6-3-7-13-22)18-25(28)27(20-10-4-2-5-11-20)21-16-17-32(29,30)19-21/h3,6-9,12-15,20-21H,2,4-5,10-11,16-19H2,1H3. The van der Waals surface area contributed by atoms with Crippen LogP contribution in [0.25, 0.3) is 0 Å². The van der Waals surface area contributed by atoms with Crippen LogP contribution >= 0.6 is 0 Å². The van der Waals surface area contributed by atoms with E-state index in [9.17, 15) is 13.2 Å². The smallest absolute Gasteiger partial charge is 0.242 e. The predicted molar refractivity (Wildman–Crippen MR) is 127 cm³/mol. The Labute approximate surface area is 191 Å². The second-order valence-corrected chi connectivity index (χ2v) is 11.1. The van der Waals surface area contributed by atoms with E-state index in [0.717, 1.165) is 37.1 Å². The highest BCUT2D eigenvalue weighted by atomic mass is 32.2. The van der Waals surface area contributed by atoms with E-state index in [1.54, 1.807) is 0 Å². The number of benzene rings is 2. The second-order valence-electron chi connectivity index (χ2n) is 8.89. The summed E-state index contributed by atoms with van der Waals surface area (Å²) in [6.07, 6.45) is 5.84. The van der Waals surface area contributed by atoms with Gasteiger partial charge in [-0.25, -0.2) is 8.42 Å². The van der Waals surface area contributed by atoms with Crippen molar-refractivity contribution in [1.82, 2.24) is 4.90 Å². The Balaban J connectivity index is 1.52. The lowest BCUT2D eigenvalue weighted by Crippen LogP contribution is -2.51. The van der Waals surface area contributed by atoms with E-state index >= 15 is 0 Å². The molecule has 1 saturated carbocycles. The molecule has 172 valence electrons. The fraction of sp³-hybridized carbons (Fsp3) is 0.480. The zero-order valence-corrected chi connectivity index (χ0v) is 19.5. The van der Waals surface area contributed by atoms with Crippen LogP contribution in [-0.4, -0.2) is 56.4 Å². The van der Waals surface area contributed by atoms with E-state index in [4.69, 9.17) is 4.74 Å². The average Bonchev–Trinajstić information content (AvgIpc) is 3.14. The molecule has 4 rings (SSSR count).